The summed E-state index contributed by atoms with van der Waals surface area (Å²) >= 11 is 7.92. The number of carbonyl (C=O) groups is 3. The Morgan fingerprint density at radius 3 is 2.49 bits per heavy atom. The maximum atomic E-state index is 14.1. The quantitative estimate of drug-likeness (QED) is 0.138. The average molecular weight is 619 g/mol. The Bertz CT molecular complexity index is 1620. The molecule has 0 atom stereocenters. The summed E-state index contributed by atoms with van der Waals surface area (Å²) in [6, 6.07) is 19.5. The van der Waals surface area contributed by atoms with Gasteiger partial charge < -0.3 is 10.1 Å². The van der Waals surface area contributed by atoms with E-state index in [1.807, 2.05) is 65.0 Å². The minimum Gasteiger partial charge on any atom is -0.460 e. The molecular weight excluding hydrogens is 584 g/mol. The van der Waals surface area contributed by atoms with Crippen molar-refractivity contribution in [3.63, 3.8) is 0 Å². The minimum absolute atomic E-state index is 0.225. The second-order valence-corrected chi connectivity index (χ2v) is 12.6. The lowest BCUT2D eigenvalue weighted by Crippen LogP contribution is -2.28. The van der Waals surface area contributed by atoms with Gasteiger partial charge in [-0.15, -0.1) is 0 Å². The zero-order valence-corrected chi connectivity index (χ0v) is 26.4. The van der Waals surface area contributed by atoms with Crippen LogP contribution >= 0.6 is 23.4 Å². The number of anilines is 3. The molecule has 0 aliphatic carbocycles. The summed E-state index contributed by atoms with van der Waals surface area (Å²) in [5, 5.41) is 10.2. The lowest BCUT2D eigenvalue weighted by molar-refractivity contribution is -0.154. The first-order chi connectivity index (χ1) is 20.4. The van der Waals surface area contributed by atoms with Crippen LogP contribution in [0.4, 0.5) is 17.2 Å². The second-order valence-electron chi connectivity index (χ2n) is 11.1. The number of nitrogens with zero attached hydrogens (tertiary/aromatic N) is 2. The molecule has 2 N–H and O–H groups in total. The van der Waals surface area contributed by atoms with Crippen LogP contribution in [-0.2, 0) is 15.3 Å². The van der Waals surface area contributed by atoms with E-state index in [0.29, 0.717) is 45.7 Å². The van der Waals surface area contributed by atoms with Crippen molar-refractivity contribution < 1.29 is 19.1 Å². The van der Waals surface area contributed by atoms with E-state index < -0.39 is 5.60 Å². The normalized spacial score (nSPS) is 11.2. The third-order valence-corrected chi connectivity index (χ3v) is 7.73. The average Bonchev–Trinajstić information content (AvgIpc) is 3.47. The maximum absolute atomic E-state index is 14.1. The molecule has 3 aromatic carbocycles. The predicted octanol–water partition coefficient (Wildman–Crippen LogP) is 7.88. The van der Waals surface area contributed by atoms with Gasteiger partial charge in [-0.05, 0) is 93.8 Å². The molecule has 0 unspecified atom stereocenters. The SMILES string of the molecule is Cc1ccc(N(C(=O)c2cc(Cl)ccc2NC(=O)c2cccc(CSCCC(=O)OC(C)(C)C)c2)c2ccn[nH]2)cc1C. The topological polar surface area (TPSA) is 104 Å². The van der Waals surface area contributed by atoms with Crippen molar-refractivity contribution in [2.75, 3.05) is 16.0 Å². The number of thioether (sulfide) groups is 1. The second kappa shape index (κ2) is 13.9. The number of H-pyrrole nitrogens is 1. The van der Waals surface area contributed by atoms with E-state index in [2.05, 4.69) is 15.5 Å². The van der Waals surface area contributed by atoms with Crippen LogP contribution in [0.5, 0.6) is 0 Å². The zero-order chi connectivity index (χ0) is 31.1. The number of aromatic amines is 1. The van der Waals surface area contributed by atoms with Crippen molar-refractivity contribution in [1.29, 1.82) is 0 Å². The van der Waals surface area contributed by atoms with Gasteiger partial charge in [0.15, 0.2) is 0 Å². The van der Waals surface area contributed by atoms with E-state index >= 15 is 0 Å². The fourth-order valence-electron chi connectivity index (χ4n) is 4.26. The number of halogens is 1. The first-order valence-corrected chi connectivity index (χ1v) is 15.3. The van der Waals surface area contributed by atoms with Crippen molar-refractivity contribution in [1.82, 2.24) is 10.2 Å². The van der Waals surface area contributed by atoms with Gasteiger partial charge in [0.1, 0.15) is 11.4 Å². The first kappa shape index (κ1) is 31.8. The van der Waals surface area contributed by atoms with Crippen LogP contribution in [0, 0.1) is 13.8 Å². The summed E-state index contributed by atoms with van der Waals surface area (Å²) in [4.78, 5) is 40.9. The summed E-state index contributed by atoms with van der Waals surface area (Å²) in [7, 11) is 0. The molecule has 0 fully saturated rings. The molecule has 0 saturated heterocycles. The molecule has 1 aromatic heterocycles. The summed E-state index contributed by atoms with van der Waals surface area (Å²) in [6.07, 6.45) is 1.88. The van der Waals surface area contributed by atoms with Crippen molar-refractivity contribution in [3.05, 3.63) is 106 Å². The molecule has 0 radical (unpaired) electrons. The van der Waals surface area contributed by atoms with E-state index in [1.165, 1.54) is 4.90 Å². The lowest BCUT2D eigenvalue weighted by Gasteiger charge is -2.23. The Morgan fingerprint density at radius 1 is 1.00 bits per heavy atom. The fraction of sp³-hybridized carbons (Fsp3) is 0.273. The van der Waals surface area contributed by atoms with Crippen molar-refractivity contribution in [3.8, 4) is 0 Å². The van der Waals surface area contributed by atoms with Crippen LogP contribution in [0.2, 0.25) is 5.02 Å². The molecule has 224 valence electrons. The number of esters is 1. The van der Waals surface area contributed by atoms with Crippen molar-refractivity contribution in [2.45, 2.75) is 52.4 Å². The molecule has 4 aromatic rings. The van der Waals surface area contributed by atoms with Crippen LogP contribution in [0.1, 0.15) is 64.6 Å². The number of benzene rings is 3. The molecular formula is C33H35ClN4O4S. The fourth-order valence-corrected chi connectivity index (χ4v) is 5.30. The highest BCUT2D eigenvalue weighted by atomic mass is 35.5. The van der Waals surface area contributed by atoms with Gasteiger partial charge in [-0.25, -0.2) is 0 Å². The molecule has 8 nitrogen and oxygen atoms in total. The molecule has 43 heavy (non-hydrogen) atoms. The third kappa shape index (κ3) is 8.72. The van der Waals surface area contributed by atoms with Crippen LogP contribution in [0.15, 0.2) is 72.9 Å². The molecule has 4 rings (SSSR count). The van der Waals surface area contributed by atoms with Gasteiger partial charge in [-0.1, -0.05) is 29.8 Å². The van der Waals surface area contributed by atoms with E-state index in [0.717, 1.165) is 16.7 Å². The van der Waals surface area contributed by atoms with Gasteiger partial charge in [0.25, 0.3) is 11.8 Å². The molecule has 2 amide bonds. The van der Waals surface area contributed by atoms with Crippen LogP contribution in [-0.4, -0.2) is 39.3 Å². The highest BCUT2D eigenvalue weighted by Gasteiger charge is 2.25. The Labute approximate surface area is 261 Å². The highest BCUT2D eigenvalue weighted by Crippen LogP contribution is 2.31. The number of aromatic nitrogens is 2. The molecule has 1 heterocycles. The Kier molecular flexibility index (Phi) is 10.3. The van der Waals surface area contributed by atoms with Gasteiger partial charge in [-0.2, -0.15) is 16.9 Å². The van der Waals surface area contributed by atoms with Crippen molar-refractivity contribution >= 4 is 58.3 Å². The lowest BCUT2D eigenvalue weighted by atomic mass is 10.1. The number of rotatable bonds is 10. The molecule has 0 aliphatic heterocycles. The predicted molar refractivity (Wildman–Crippen MR) is 173 cm³/mol. The van der Waals surface area contributed by atoms with E-state index in [1.54, 1.807) is 54.4 Å². The molecule has 10 heteroatoms. The number of nitrogens with one attached hydrogen (secondary N) is 2. The summed E-state index contributed by atoms with van der Waals surface area (Å²) in [5.74, 6) is 0.725. The smallest absolute Gasteiger partial charge is 0.307 e. The van der Waals surface area contributed by atoms with Crippen LogP contribution < -0.4 is 10.2 Å². The molecule has 0 spiro atoms. The zero-order valence-electron chi connectivity index (χ0n) is 24.9. The number of hydrogen-bond acceptors (Lipinski definition) is 6. The Hall–Kier alpha value is -4.08. The first-order valence-electron chi connectivity index (χ1n) is 13.8. The Morgan fingerprint density at radius 2 is 1.79 bits per heavy atom. The number of carbonyl (C=O) groups excluding carboxylic acids is 3. The van der Waals surface area contributed by atoms with E-state index in [9.17, 15) is 14.4 Å². The van der Waals surface area contributed by atoms with Gasteiger partial charge in [0, 0.05) is 28.2 Å². The van der Waals surface area contributed by atoms with Gasteiger partial charge in [0.05, 0.1) is 29.6 Å². The van der Waals surface area contributed by atoms with E-state index in [4.69, 9.17) is 16.3 Å². The van der Waals surface area contributed by atoms with Gasteiger partial charge >= 0.3 is 5.97 Å². The number of hydrogen-bond donors (Lipinski definition) is 2. The molecule has 0 bridgehead atoms. The summed E-state index contributed by atoms with van der Waals surface area (Å²) in [6.45, 7) is 9.52. The van der Waals surface area contributed by atoms with Crippen LogP contribution in [0.3, 0.4) is 0 Å². The molecule has 0 saturated carbocycles. The summed E-state index contributed by atoms with van der Waals surface area (Å²) in [5.41, 5.74) is 4.19. The highest BCUT2D eigenvalue weighted by molar-refractivity contribution is 7.98. The van der Waals surface area contributed by atoms with Crippen LogP contribution in [0.25, 0.3) is 0 Å². The maximum Gasteiger partial charge on any atom is 0.307 e. The number of ether oxygens (including phenoxy) is 1. The van der Waals surface area contributed by atoms with E-state index in [-0.39, 0.29) is 23.3 Å². The summed E-state index contributed by atoms with van der Waals surface area (Å²) < 4.78 is 5.36. The van der Waals surface area contributed by atoms with Gasteiger partial charge in [0.2, 0.25) is 0 Å². The standard InChI is InChI=1S/C33H35ClN4O4S/c1-21-9-11-26(17-22(21)2)38(29-13-15-35-37-29)32(41)27-19-25(34)10-12-28(27)36-31(40)24-8-6-7-23(18-24)20-43-16-14-30(39)42-33(3,4)5/h6-13,15,17-19H,14,16,20H2,1-5H3,(H,35,37)(H,36,40). The number of amides is 2. The Balaban J connectivity index is 1.51. The van der Waals surface area contributed by atoms with Crippen molar-refractivity contribution in [2.24, 2.45) is 0 Å². The molecule has 0 aliphatic rings. The third-order valence-electron chi connectivity index (χ3n) is 6.47. The monoisotopic (exact) mass is 618 g/mol. The largest absolute Gasteiger partial charge is 0.460 e. The van der Waals surface area contributed by atoms with Gasteiger partial charge in [-0.3, -0.25) is 24.4 Å². The number of aryl methyl sites for hydroxylation is 2. The minimum atomic E-state index is -0.505.